The number of benzene rings is 1. The lowest BCUT2D eigenvalue weighted by molar-refractivity contribution is 0.423. The molecule has 1 aromatic carbocycles. The van der Waals surface area contributed by atoms with Gasteiger partial charge in [-0.25, -0.2) is 8.42 Å². The molecule has 96 valence electrons. The van der Waals surface area contributed by atoms with Crippen molar-refractivity contribution in [3.05, 3.63) is 36.6 Å². The highest BCUT2D eigenvalue weighted by Crippen LogP contribution is 2.22. The van der Waals surface area contributed by atoms with Crippen LogP contribution in [0.5, 0.6) is 0 Å². The van der Waals surface area contributed by atoms with Gasteiger partial charge in [-0.3, -0.25) is 4.72 Å². The molecule has 2 aromatic rings. The quantitative estimate of drug-likeness (QED) is 0.864. The maximum atomic E-state index is 12.2. The van der Waals surface area contributed by atoms with E-state index in [1.54, 1.807) is 18.2 Å². The average Bonchev–Trinajstić information content (AvgIpc) is 2.82. The van der Waals surface area contributed by atoms with Crippen molar-refractivity contribution in [1.82, 2.24) is 5.16 Å². The summed E-state index contributed by atoms with van der Waals surface area (Å²) in [6, 6.07) is 8.11. The van der Waals surface area contributed by atoms with Crippen LogP contribution in [0.15, 0.2) is 46.0 Å². The second kappa shape index (κ2) is 5.09. The summed E-state index contributed by atoms with van der Waals surface area (Å²) < 4.78 is 31.2. The third-order valence-electron chi connectivity index (χ3n) is 2.22. The van der Waals surface area contributed by atoms with Gasteiger partial charge >= 0.3 is 0 Å². The molecule has 0 aliphatic heterocycles. The zero-order valence-corrected chi connectivity index (χ0v) is 10.6. The van der Waals surface area contributed by atoms with Crippen molar-refractivity contribution < 1.29 is 12.9 Å². The van der Waals surface area contributed by atoms with Gasteiger partial charge in [0, 0.05) is 12.6 Å². The summed E-state index contributed by atoms with van der Waals surface area (Å²) in [4.78, 5) is 0.176. The van der Waals surface area contributed by atoms with Crippen molar-refractivity contribution in [2.45, 2.75) is 11.8 Å². The van der Waals surface area contributed by atoms with Gasteiger partial charge in [0.15, 0.2) is 5.82 Å². The van der Waals surface area contributed by atoms with Crippen LogP contribution in [0.3, 0.4) is 0 Å². The molecule has 2 N–H and O–H groups in total. The molecule has 0 bridgehead atoms. The van der Waals surface area contributed by atoms with Gasteiger partial charge in [0.25, 0.3) is 10.0 Å². The topological polar surface area (TPSA) is 84.2 Å². The van der Waals surface area contributed by atoms with Gasteiger partial charge in [-0.05, 0) is 19.1 Å². The first-order chi connectivity index (χ1) is 8.63. The van der Waals surface area contributed by atoms with Crippen LogP contribution in [0.2, 0.25) is 0 Å². The molecule has 18 heavy (non-hydrogen) atoms. The zero-order valence-electron chi connectivity index (χ0n) is 9.75. The Labute approximate surface area is 105 Å². The molecule has 0 saturated carbocycles. The summed E-state index contributed by atoms with van der Waals surface area (Å²) in [6.45, 7) is 2.53. The van der Waals surface area contributed by atoms with Crippen LogP contribution in [0.1, 0.15) is 6.92 Å². The number of nitrogens with one attached hydrogen (secondary N) is 2. The number of hydrogen-bond donors (Lipinski definition) is 2. The summed E-state index contributed by atoms with van der Waals surface area (Å²) in [5.74, 6) is 0.154. The molecular formula is C11H13N3O3S. The molecule has 0 aliphatic carbocycles. The third kappa shape index (κ3) is 2.62. The van der Waals surface area contributed by atoms with E-state index in [9.17, 15) is 8.42 Å². The van der Waals surface area contributed by atoms with Crippen LogP contribution in [-0.4, -0.2) is 20.1 Å². The summed E-state index contributed by atoms with van der Waals surface area (Å²) in [5, 5.41) is 6.52. The molecule has 0 saturated heterocycles. The Kier molecular flexibility index (Phi) is 3.52. The van der Waals surface area contributed by atoms with Crippen LogP contribution in [0.25, 0.3) is 0 Å². The molecular weight excluding hydrogens is 254 g/mol. The average molecular weight is 267 g/mol. The Morgan fingerprint density at radius 1 is 1.28 bits per heavy atom. The highest BCUT2D eigenvalue weighted by Gasteiger charge is 2.18. The maximum Gasteiger partial charge on any atom is 0.265 e. The lowest BCUT2D eigenvalue weighted by Gasteiger charge is -2.11. The number of anilines is 2. The normalized spacial score (nSPS) is 11.2. The van der Waals surface area contributed by atoms with Crippen molar-refractivity contribution in [3.63, 3.8) is 0 Å². The van der Waals surface area contributed by atoms with E-state index < -0.39 is 10.0 Å². The minimum atomic E-state index is -3.67. The van der Waals surface area contributed by atoms with Crippen LogP contribution < -0.4 is 10.0 Å². The Morgan fingerprint density at radius 3 is 2.72 bits per heavy atom. The van der Waals surface area contributed by atoms with Crippen LogP contribution in [0, 0.1) is 0 Å². The second-order valence-electron chi connectivity index (χ2n) is 3.52. The van der Waals surface area contributed by atoms with Gasteiger partial charge in [0.1, 0.15) is 11.2 Å². The van der Waals surface area contributed by atoms with Crippen molar-refractivity contribution in [2.24, 2.45) is 0 Å². The van der Waals surface area contributed by atoms with Crippen molar-refractivity contribution >= 4 is 21.5 Å². The van der Waals surface area contributed by atoms with Gasteiger partial charge in [0.05, 0.1) is 5.69 Å². The molecule has 0 atom stereocenters. The number of aromatic nitrogens is 1. The smallest absolute Gasteiger partial charge is 0.265 e. The predicted molar refractivity (Wildman–Crippen MR) is 67.9 cm³/mol. The second-order valence-corrected chi connectivity index (χ2v) is 5.17. The predicted octanol–water partition coefficient (Wildman–Crippen LogP) is 1.91. The van der Waals surface area contributed by atoms with Crippen molar-refractivity contribution in [1.29, 1.82) is 0 Å². The molecule has 0 aliphatic rings. The Balaban J connectivity index is 2.35. The molecule has 6 nitrogen and oxygen atoms in total. The number of hydrogen-bond acceptors (Lipinski definition) is 5. The first-order valence-corrected chi connectivity index (χ1v) is 6.88. The maximum absolute atomic E-state index is 12.2. The first kappa shape index (κ1) is 12.4. The summed E-state index contributed by atoms with van der Waals surface area (Å²) in [7, 11) is -3.67. The Bertz CT molecular complexity index is 608. The fraction of sp³-hybridized carbons (Fsp3) is 0.182. The van der Waals surface area contributed by atoms with E-state index in [2.05, 4.69) is 19.7 Å². The van der Waals surface area contributed by atoms with E-state index in [-0.39, 0.29) is 10.7 Å². The van der Waals surface area contributed by atoms with Crippen LogP contribution in [-0.2, 0) is 10.0 Å². The standard InChI is InChI=1S/C11H13N3O3S/c1-2-12-9-5-3-4-6-10(9)18(15,16)14-11-7-8-17-13-11/h3-8,12H,2H2,1H3,(H,13,14). The molecule has 0 amide bonds. The van der Waals surface area contributed by atoms with Gasteiger partial charge in [-0.2, -0.15) is 0 Å². The van der Waals surface area contributed by atoms with Crippen molar-refractivity contribution in [2.75, 3.05) is 16.6 Å². The van der Waals surface area contributed by atoms with Crippen LogP contribution in [0.4, 0.5) is 11.5 Å². The van der Waals surface area contributed by atoms with E-state index in [1.807, 2.05) is 6.92 Å². The van der Waals surface area contributed by atoms with Gasteiger partial charge < -0.3 is 9.84 Å². The number of sulfonamides is 1. The molecule has 0 radical (unpaired) electrons. The monoisotopic (exact) mass is 267 g/mol. The minimum Gasteiger partial charge on any atom is -0.384 e. The lowest BCUT2D eigenvalue weighted by atomic mass is 10.3. The first-order valence-electron chi connectivity index (χ1n) is 5.39. The Hall–Kier alpha value is -2.02. The molecule has 7 heteroatoms. The minimum absolute atomic E-state index is 0.154. The van der Waals surface area contributed by atoms with Gasteiger partial charge in [-0.15, -0.1) is 0 Å². The SMILES string of the molecule is CCNc1ccccc1S(=O)(=O)Nc1ccon1. The van der Waals surface area contributed by atoms with Crippen molar-refractivity contribution in [3.8, 4) is 0 Å². The summed E-state index contributed by atoms with van der Waals surface area (Å²) in [6.07, 6.45) is 1.30. The molecule has 0 unspecified atom stereocenters. The number of nitrogens with zero attached hydrogens (tertiary/aromatic N) is 1. The van der Waals surface area contributed by atoms with Crippen LogP contribution >= 0.6 is 0 Å². The molecule has 0 fully saturated rings. The molecule has 2 rings (SSSR count). The lowest BCUT2D eigenvalue weighted by Crippen LogP contribution is -2.15. The number of rotatable bonds is 5. The summed E-state index contributed by atoms with van der Waals surface area (Å²) in [5.41, 5.74) is 0.552. The van der Waals surface area contributed by atoms with Gasteiger partial charge in [0.2, 0.25) is 0 Å². The van der Waals surface area contributed by atoms with E-state index in [4.69, 9.17) is 0 Å². The molecule has 1 aromatic heterocycles. The molecule has 1 heterocycles. The summed E-state index contributed by atoms with van der Waals surface area (Å²) >= 11 is 0. The highest BCUT2D eigenvalue weighted by atomic mass is 32.2. The number of para-hydroxylation sites is 1. The molecule has 0 spiro atoms. The van der Waals surface area contributed by atoms with Gasteiger partial charge in [-0.1, -0.05) is 17.3 Å². The van der Waals surface area contributed by atoms with E-state index in [0.29, 0.717) is 12.2 Å². The van der Waals surface area contributed by atoms with E-state index >= 15 is 0 Å². The zero-order chi connectivity index (χ0) is 13.0. The van der Waals surface area contributed by atoms with E-state index in [0.717, 1.165) is 0 Å². The largest absolute Gasteiger partial charge is 0.384 e. The fourth-order valence-electron chi connectivity index (χ4n) is 1.50. The fourth-order valence-corrected chi connectivity index (χ4v) is 2.67. The Morgan fingerprint density at radius 2 is 2.06 bits per heavy atom. The third-order valence-corrected chi connectivity index (χ3v) is 3.63. The highest BCUT2D eigenvalue weighted by molar-refractivity contribution is 7.92. The van der Waals surface area contributed by atoms with E-state index in [1.165, 1.54) is 18.4 Å².